The maximum atomic E-state index is 14.7. The molecule has 0 bridgehead atoms. The van der Waals surface area contributed by atoms with Crippen molar-refractivity contribution in [3.05, 3.63) is 52.7 Å². The Morgan fingerprint density at radius 3 is 2.63 bits per heavy atom. The molecule has 0 radical (unpaired) electrons. The van der Waals surface area contributed by atoms with Crippen LogP contribution in [-0.4, -0.2) is 83.6 Å². The topological polar surface area (TPSA) is 65.0 Å². The minimum Gasteiger partial charge on any atom is -0.462 e. The number of aromatic nitrogens is 2. The van der Waals surface area contributed by atoms with E-state index in [1.165, 1.54) is 0 Å². The number of halogens is 2. The lowest BCUT2D eigenvalue weighted by molar-refractivity contribution is -0.130. The Morgan fingerprint density at radius 2 is 1.85 bits per heavy atom. The van der Waals surface area contributed by atoms with Crippen molar-refractivity contribution < 1.29 is 18.3 Å². The number of anilines is 2. The van der Waals surface area contributed by atoms with Crippen LogP contribution in [0.5, 0.6) is 6.01 Å². The van der Waals surface area contributed by atoms with Crippen LogP contribution in [0, 0.1) is 5.82 Å². The molecule has 4 aliphatic heterocycles. The Labute approximate surface area is 240 Å². The van der Waals surface area contributed by atoms with E-state index in [-0.39, 0.29) is 17.9 Å². The smallest absolute Gasteiger partial charge is 0.318 e. The highest BCUT2D eigenvalue weighted by Gasteiger charge is 2.50. The van der Waals surface area contributed by atoms with Gasteiger partial charge in [0.15, 0.2) is 5.83 Å². The number of amides is 1. The Hall–Kier alpha value is -3.27. The summed E-state index contributed by atoms with van der Waals surface area (Å²) < 4.78 is 34.6. The number of likely N-dealkylation sites (tertiary alicyclic amines) is 2. The van der Waals surface area contributed by atoms with Crippen LogP contribution in [0.15, 0.2) is 24.5 Å². The van der Waals surface area contributed by atoms with E-state index in [0.717, 1.165) is 98.3 Å². The van der Waals surface area contributed by atoms with Crippen molar-refractivity contribution in [2.75, 3.05) is 49.6 Å². The third kappa shape index (κ3) is 4.64. The van der Waals surface area contributed by atoms with Crippen LogP contribution in [0.2, 0.25) is 0 Å². The molecule has 0 unspecified atom stereocenters. The number of hydrogen-bond donors (Lipinski definition) is 0. The van der Waals surface area contributed by atoms with E-state index >= 15 is 0 Å². The molecule has 41 heavy (non-hydrogen) atoms. The molecular weight excluding hydrogens is 526 g/mol. The third-order valence-electron chi connectivity index (χ3n) is 9.95. The highest BCUT2D eigenvalue weighted by molar-refractivity contribution is 5.91. The van der Waals surface area contributed by atoms with Gasteiger partial charge < -0.3 is 24.3 Å². The molecule has 7 rings (SSSR count). The predicted molar refractivity (Wildman–Crippen MR) is 152 cm³/mol. The van der Waals surface area contributed by atoms with Crippen molar-refractivity contribution >= 4 is 17.4 Å². The second-order valence-corrected chi connectivity index (χ2v) is 12.2. The van der Waals surface area contributed by atoms with Gasteiger partial charge in [0, 0.05) is 36.9 Å². The van der Waals surface area contributed by atoms with E-state index in [0.29, 0.717) is 38.3 Å². The molecule has 5 aliphatic rings. The van der Waals surface area contributed by atoms with Crippen LogP contribution in [0.25, 0.3) is 0 Å². The van der Waals surface area contributed by atoms with Gasteiger partial charge in [-0.2, -0.15) is 9.97 Å². The SMILES string of the molecule is C=C(F)C(=O)N1CC[C@@H]2[C@H]1CN2c1nc(OC[C@@H]2CCCN2C)nc2c1CCN(c1ccc(F)c3c1CCCC3)C2. The molecule has 10 heteroatoms. The largest absolute Gasteiger partial charge is 0.462 e. The van der Waals surface area contributed by atoms with Crippen LogP contribution in [0.3, 0.4) is 0 Å². The Bertz CT molecular complexity index is 1380. The number of benzene rings is 1. The quantitative estimate of drug-likeness (QED) is 0.495. The Kier molecular flexibility index (Phi) is 6.84. The standard InChI is InChI=1S/C31H38F2N6O2/c1-19(32)30(40)38-15-12-27-28(38)17-39(27)29-23-11-14-37(26-10-9-24(33)21-7-3-4-8-22(21)26)16-25(23)34-31(35-29)41-18-20-6-5-13-36(20)2/h9-10,20,27-28H,1,3-8,11-18H2,2H3/t20-,27+,28+/m0/s1. The average molecular weight is 565 g/mol. The van der Waals surface area contributed by atoms with Crippen LogP contribution in [0.4, 0.5) is 20.3 Å². The highest BCUT2D eigenvalue weighted by atomic mass is 19.1. The van der Waals surface area contributed by atoms with E-state index in [1.54, 1.807) is 11.0 Å². The van der Waals surface area contributed by atoms with Gasteiger partial charge in [0.1, 0.15) is 18.2 Å². The summed E-state index contributed by atoms with van der Waals surface area (Å²) in [5.74, 6) is -0.727. The van der Waals surface area contributed by atoms with Crippen LogP contribution in [-0.2, 0) is 30.6 Å². The number of carbonyl (C=O) groups is 1. The van der Waals surface area contributed by atoms with E-state index in [2.05, 4.69) is 28.3 Å². The van der Waals surface area contributed by atoms with Crippen molar-refractivity contribution in [3.8, 4) is 6.01 Å². The zero-order valence-corrected chi connectivity index (χ0v) is 23.7. The lowest BCUT2D eigenvalue weighted by Gasteiger charge is -2.48. The van der Waals surface area contributed by atoms with Gasteiger partial charge in [-0.3, -0.25) is 4.79 Å². The monoisotopic (exact) mass is 564 g/mol. The van der Waals surface area contributed by atoms with Gasteiger partial charge >= 0.3 is 6.01 Å². The molecule has 3 fully saturated rings. The molecule has 3 atom stereocenters. The first kappa shape index (κ1) is 26.6. The molecule has 3 saturated heterocycles. The van der Waals surface area contributed by atoms with Gasteiger partial charge in [-0.1, -0.05) is 6.58 Å². The van der Waals surface area contributed by atoms with Crippen molar-refractivity contribution in [2.24, 2.45) is 0 Å². The molecule has 0 N–H and O–H groups in total. The molecule has 2 aromatic rings. The van der Waals surface area contributed by atoms with Crippen LogP contribution >= 0.6 is 0 Å². The van der Waals surface area contributed by atoms with Crippen molar-refractivity contribution in [3.63, 3.8) is 0 Å². The van der Waals surface area contributed by atoms with Gasteiger partial charge in [0.25, 0.3) is 5.91 Å². The first-order chi connectivity index (χ1) is 19.9. The zero-order chi connectivity index (χ0) is 28.2. The molecular formula is C31H38F2N6O2. The molecule has 218 valence electrons. The summed E-state index contributed by atoms with van der Waals surface area (Å²) in [6.07, 6.45) is 7.60. The molecule has 1 aromatic heterocycles. The van der Waals surface area contributed by atoms with Crippen molar-refractivity contribution in [2.45, 2.75) is 76.0 Å². The summed E-state index contributed by atoms with van der Waals surface area (Å²) in [5, 5.41) is 0. The number of carbonyl (C=O) groups excluding carboxylic acids is 1. The predicted octanol–water partition coefficient (Wildman–Crippen LogP) is 3.80. The first-order valence-electron chi connectivity index (χ1n) is 15.1. The number of ether oxygens (including phenoxy) is 1. The number of likely N-dealkylation sites (N-methyl/N-ethyl adjacent to an activating group) is 1. The van der Waals surface area contributed by atoms with Gasteiger partial charge in [-0.15, -0.1) is 0 Å². The maximum absolute atomic E-state index is 14.7. The number of rotatable bonds is 6. The van der Waals surface area contributed by atoms with E-state index in [4.69, 9.17) is 14.7 Å². The lowest BCUT2D eigenvalue weighted by Crippen LogP contribution is -2.63. The fourth-order valence-electron chi connectivity index (χ4n) is 7.63. The van der Waals surface area contributed by atoms with Gasteiger partial charge in [-0.05, 0) is 88.2 Å². The summed E-state index contributed by atoms with van der Waals surface area (Å²) in [6.45, 7) is 7.34. The van der Waals surface area contributed by atoms with E-state index in [9.17, 15) is 13.6 Å². The molecule has 0 spiro atoms. The Balaban J connectivity index is 1.19. The minimum absolute atomic E-state index is 0.0389. The molecule has 8 nitrogen and oxygen atoms in total. The fourth-order valence-corrected chi connectivity index (χ4v) is 7.63. The van der Waals surface area contributed by atoms with Gasteiger partial charge in [-0.25, -0.2) is 8.78 Å². The maximum Gasteiger partial charge on any atom is 0.318 e. The number of hydrogen-bond acceptors (Lipinski definition) is 7. The number of fused-ring (bicyclic) bond motifs is 3. The summed E-state index contributed by atoms with van der Waals surface area (Å²) in [7, 11) is 2.13. The Morgan fingerprint density at radius 1 is 1.02 bits per heavy atom. The molecule has 0 saturated carbocycles. The lowest BCUT2D eigenvalue weighted by atomic mass is 9.89. The summed E-state index contributed by atoms with van der Waals surface area (Å²) >= 11 is 0. The van der Waals surface area contributed by atoms with Gasteiger partial charge in [0.2, 0.25) is 0 Å². The minimum atomic E-state index is -0.904. The highest BCUT2D eigenvalue weighted by Crippen LogP contribution is 2.41. The summed E-state index contributed by atoms with van der Waals surface area (Å²) in [6, 6.07) is 4.33. The summed E-state index contributed by atoms with van der Waals surface area (Å²) in [4.78, 5) is 30.8. The molecule has 1 aliphatic carbocycles. The number of nitrogens with zero attached hydrogens (tertiary/aromatic N) is 6. The molecule has 1 aromatic carbocycles. The fraction of sp³-hybridized carbons (Fsp3) is 0.581. The zero-order valence-electron chi connectivity index (χ0n) is 23.7. The van der Waals surface area contributed by atoms with Crippen LogP contribution in [0.1, 0.15) is 54.5 Å². The average Bonchev–Trinajstić information content (AvgIpc) is 3.53. The first-order valence-corrected chi connectivity index (χ1v) is 15.1. The van der Waals surface area contributed by atoms with Gasteiger partial charge in [0.05, 0.1) is 24.3 Å². The molecule has 5 heterocycles. The van der Waals surface area contributed by atoms with Crippen molar-refractivity contribution in [1.82, 2.24) is 19.8 Å². The normalized spacial score (nSPS) is 25.4. The third-order valence-corrected chi connectivity index (χ3v) is 9.95. The second-order valence-electron chi connectivity index (χ2n) is 12.2. The molecule has 1 amide bonds. The van der Waals surface area contributed by atoms with E-state index < -0.39 is 11.7 Å². The second kappa shape index (κ2) is 10.5. The van der Waals surface area contributed by atoms with Crippen LogP contribution < -0.4 is 14.5 Å². The summed E-state index contributed by atoms with van der Waals surface area (Å²) in [5.41, 5.74) is 5.18. The van der Waals surface area contributed by atoms with Crippen molar-refractivity contribution in [1.29, 1.82) is 0 Å². The van der Waals surface area contributed by atoms with E-state index in [1.807, 2.05) is 6.07 Å².